The van der Waals surface area contributed by atoms with Crippen molar-refractivity contribution in [3.8, 4) is 11.5 Å². The number of hydrogen-bond acceptors (Lipinski definition) is 2. The van der Waals surface area contributed by atoms with Gasteiger partial charge in [-0.25, -0.2) is 0 Å². The Balaban J connectivity index is 1.93. The summed E-state index contributed by atoms with van der Waals surface area (Å²) in [5.41, 5.74) is 0.963. The molecule has 1 aliphatic heterocycles. The van der Waals surface area contributed by atoms with Gasteiger partial charge in [-0.1, -0.05) is 26.3 Å². The van der Waals surface area contributed by atoms with E-state index in [2.05, 4.69) is 19.9 Å². The molecule has 2 rings (SSSR count). The number of hydrogen-bond donors (Lipinski definition) is 1. The SMILES string of the molecule is CC(C)CCCC1C=Cc2cc(O)ccc2O1. The molecule has 1 aromatic carbocycles. The fourth-order valence-electron chi connectivity index (χ4n) is 2.07. The van der Waals surface area contributed by atoms with Crippen molar-refractivity contribution in [1.29, 1.82) is 0 Å². The van der Waals surface area contributed by atoms with Crippen molar-refractivity contribution in [2.45, 2.75) is 39.2 Å². The summed E-state index contributed by atoms with van der Waals surface area (Å²) in [7, 11) is 0. The van der Waals surface area contributed by atoms with Crippen molar-refractivity contribution in [3.05, 3.63) is 29.8 Å². The molecular weight excluding hydrogens is 212 g/mol. The highest BCUT2D eigenvalue weighted by Crippen LogP contribution is 2.30. The van der Waals surface area contributed by atoms with E-state index in [1.807, 2.05) is 12.1 Å². The lowest BCUT2D eigenvalue weighted by atomic mass is 10.0. The van der Waals surface area contributed by atoms with Crippen molar-refractivity contribution in [1.82, 2.24) is 0 Å². The Morgan fingerprint density at radius 3 is 2.94 bits per heavy atom. The molecule has 0 radical (unpaired) electrons. The quantitative estimate of drug-likeness (QED) is 0.850. The molecule has 17 heavy (non-hydrogen) atoms. The molecule has 1 atom stereocenters. The van der Waals surface area contributed by atoms with Crippen LogP contribution in [0, 0.1) is 5.92 Å². The molecule has 0 amide bonds. The number of phenolic OH excluding ortho intramolecular Hbond substituents is 1. The van der Waals surface area contributed by atoms with E-state index < -0.39 is 0 Å². The molecule has 1 N–H and O–H groups in total. The normalized spacial score (nSPS) is 17.9. The van der Waals surface area contributed by atoms with Gasteiger partial charge in [-0.3, -0.25) is 0 Å². The lowest BCUT2D eigenvalue weighted by molar-refractivity contribution is 0.228. The van der Waals surface area contributed by atoms with Gasteiger partial charge in [0.2, 0.25) is 0 Å². The van der Waals surface area contributed by atoms with Gasteiger partial charge in [0, 0.05) is 5.56 Å². The van der Waals surface area contributed by atoms with Crippen LogP contribution in [0.15, 0.2) is 24.3 Å². The Bertz CT molecular complexity index is 407. The first-order chi connectivity index (χ1) is 8.15. The van der Waals surface area contributed by atoms with Crippen LogP contribution in [-0.4, -0.2) is 11.2 Å². The number of phenols is 1. The van der Waals surface area contributed by atoms with Crippen LogP contribution >= 0.6 is 0 Å². The predicted octanol–water partition coefficient (Wildman–Crippen LogP) is 3.99. The van der Waals surface area contributed by atoms with Crippen LogP contribution in [0.2, 0.25) is 0 Å². The third-order valence-electron chi connectivity index (χ3n) is 3.03. The summed E-state index contributed by atoms with van der Waals surface area (Å²) in [6.45, 7) is 4.49. The molecule has 0 saturated carbocycles. The Kier molecular flexibility index (Phi) is 3.72. The van der Waals surface area contributed by atoms with Crippen molar-refractivity contribution >= 4 is 6.08 Å². The van der Waals surface area contributed by atoms with Crippen LogP contribution in [0.4, 0.5) is 0 Å². The summed E-state index contributed by atoms with van der Waals surface area (Å²) in [5.74, 6) is 1.92. The van der Waals surface area contributed by atoms with E-state index in [9.17, 15) is 5.11 Å². The van der Waals surface area contributed by atoms with E-state index in [0.717, 1.165) is 23.7 Å². The first-order valence-corrected chi connectivity index (χ1v) is 6.33. The first-order valence-electron chi connectivity index (χ1n) is 6.33. The lowest BCUT2D eigenvalue weighted by Crippen LogP contribution is -2.16. The summed E-state index contributed by atoms with van der Waals surface area (Å²) in [5, 5.41) is 9.37. The van der Waals surface area contributed by atoms with E-state index in [1.54, 1.807) is 12.1 Å². The van der Waals surface area contributed by atoms with Gasteiger partial charge in [0.15, 0.2) is 0 Å². The summed E-state index contributed by atoms with van der Waals surface area (Å²) in [6.07, 6.45) is 7.82. The van der Waals surface area contributed by atoms with Gasteiger partial charge in [0.1, 0.15) is 17.6 Å². The van der Waals surface area contributed by atoms with E-state index in [0.29, 0.717) is 0 Å². The minimum Gasteiger partial charge on any atom is -0.508 e. The Morgan fingerprint density at radius 2 is 2.18 bits per heavy atom. The van der Waals surface area contributed by atoms with Crippen molar-refractivity contribution in [2.75, 3.05) is 0 Å². The molecule has 1 unspecified atom stereocenters. The standard InChI is InChI=1S/C15H20O2/c1-11(2)4-3-5-14-8-6-12-10-13(16)7-9-15(12)17-14/h6-11,14,16H,3-5H2,1-2H3. The summed E-state index contributed by atoms with van der Waals surface area (Å²) in [4.78, 5) is 0. The van der Waals surface area contributed by atoms with Crippen LogP contribution in [0.3, 0.4) is 0 Å². The average molecular weight is 232 g/mol. The molecule has 1 aromatic rings. The maximum Gasteiger partial charge on any atom is 0.127 e. The van der Waals surface area contributed by atoms with E-state index in [4.69, 9.17) is 4.74 Å². The van der Waals surface area contributed by atoms with Crippen molar-refractivity contribution in [3.63, 3.8) is 0 Å². The van der Waals surface area contributed by atoms with Crippen LogP contribution in [0.25, 0.3) is 6.08 Å². The molecule has 0 bridgehead atoms. The molecule has 1 aliphatic rings. The molecule has 2 nitrogen and oxygen atoms in total. The number of fused-ring (bicyclic) bond motifs is 1. The van der Waals surface area contributed by atoms with E-state index in [-0.39, 0.29) is 11.9 Å². The second kappa shape index (κ2) is 5.26. The fraction of sp³-hybridized carbons (Fsp3) is 0.467. The molecule has 1 heterocycles. The molecule has 0 aliphatic carbocycles. The largest absolute Gasteiger partial charge is 0.508 e. The number of rotatable bonds is 4. The van der Waals surface area contributed by atoms with Gasteiger partial charge in [0.25, 0.3) is 0 Å². The van der Waals surface area contributed by atoms with Crippen molar-refractivity contribution in [2.24, 2.45) is 5.92 Å². The molecule has 92 valence electrons. The van der Waals surface area contributed by atoms with Crippen LogP contribution in [0.5, 0.6) is 11.5 Å². The number of ether oxygens (including phenoxy) is 1. The molecule has 0 saturated heterocycles. The maximum absolute atomic E-state index is 9.37. The minimum absolute atomic E-state index is 0.186. The van der Waals surface area contributed by atoms with E-state index >= 15 is 0 Å². The Hall–Kier alpha value is -1.44. The Labute approximate surface area is 103 Å². The maximum atomic E-state index is 9.37. The van der Waals surface area contributed by atoms with Crippen LogP contribution in [0.1, 0.15) is 38.7 Å². The van der Waals surface area contributed by atoms with Gasteiger partial charge in [-0.2, -0.15) is 0 Å². The lowest BCUT2D eigenvalue weighted by Gasteiger charge is -2.21. The Morgan fingerprint density at radius 1 is 1.35 bits per heavy atom. The van der Waals surface area contributed by atoms with Gasteiger partial charge in [-0.05, 0) is 43.0 Å². The molecular formula is C15H20O2. The molecule has 0 fully saturated rings. The second-order valence-electron chi connectivity index (χ2n) is 5.06. The van der Waals surface area contributed by atoms with Gasteiger partial charge < -0.3 is 9.84 Å². The second-order valence-corrected chi connectivity index (χ2v) is 5.06. The fourth-order valence-corrected chi connectivity index (χ4v) is 2.07. The topological polar surface area (TPSA) is 29.5 Å². The molecule has 0 spiro atoms. The zero-order chi connectivity index (χ0) is 12.3. The molecule has 2 heteroatoms. The predicted molar refractivity (Wildman–Crippen MR) is 70.2 cm³/mol. The first kappa shape index (κ1) is 12.0. The third-order valence-corrected chi connectivity index (χ3v) is 3.03. The van der Waals surface area contributed by atoms with Crippen LogP contribution < -0.4 is 4.74 Å². The number of benzene rings is 1. The minimum atomic E-state index is 0.186. The highest BCUT2D eigenvalue weighted by Gasteiger charge is 2.14. The summed E-state index contributed by atoms with van der Waals surface area (Å²) in [6, 6.07) is 5.24. The highest BCUT2D eigenvalue weighted by atomic mass is 16.5. The van der Waals surface area contributed by atoms with Crippen LogP contribution in [-0.2, 0) is 0 Å². The van der Waals surface area contributed by atoms with E-state index in [1.165, 1.54) is 12.8 Å². The van der Waals surface area contributed by atoms with Crippen molar-refractivity contribution < 1.29 is 9.84 Å². The zero-order valence-electron chi connectivity index (χ0n) is 10.5. The summed E-state index contributed by atoms with van der Waals surface area (Å²) >= 11 is 0. The highest BCUT2D eigenvalue weighted by molar-refractivity contribution is 5.61. The zero-order valence-corrected chi connectivity index (χ0v) is 10.5. The monoisotopic (exact) mass is 232 g/mol. The molecule has 0 aromatic heterocycles. The third kappa shape index (κ3) is 3.26. The van der Waals surface area contributed by atoms with Gasteiger partial charge in [-0.15, -0.1) is 0 Å². The van der Waals surface area contributed by atoms with Gasteiger partial charge >= 0.3 is 0 Å². The number of aromatic hydroxyl groups is 1. The summed E-state index contributed by atoms with van der Waals surface area (Å²) < 4.78 is 5.87. The van der Waals surface area contributed by atoms with Gasteiger partial charge in [0.05, 0.1) is 0 Å². The average Bonchev–Trinajstić information content (AvgIpc) is 2.29. The smallest absolute Gasteiger partial charge is 0.127 e.